The number of nitrogens with one attached hydrogen (secondary N) is 1. The van der Waals surface area contributed by atoms with Gasteiger partial charge >= 0.3 is 0 Å². The van der Waals surface area contributed by atoms with E-state index in [0.717, 1.165) is 39.3 Å². The van der Waals surface area contributed by atoms with Crippen LogP contribution < -0.4 is 10.9 Å². The zero-order chi connectivity index (χ0) is 18.5. The Morgan fingerprint density at radius 2 is 2.00 bits per heavy atom. The van der Waals surface area contributed by atoms with Gasteiger partial charge in [0.15, 0.2) is 0 Å². The molecule has 2 aromatic rings. The number of fused-ring (bicyclic) bond motifs is 1. The van der Waals surface area contributed by atoms with Gasteiger partial charge in [0.25, 0.3) is 11.5 Å². The molecular weight excluding hydrogens is 334 g/mol. The number of benzene rings is 1. The van der Waals surface area contributed by atoms with Gasteiger partial charge in [0.2, 0.25) is 0 Å². The number of hydrogen-bond acceptors (Lipinski definition) is 5. The van der Waals surface area contributed by atoms with Gasteiger partial charge < -0.3 is 19.7 Å². The molecule has 1 amide bonds. The summed E-state index contributed by atoms with van der Waals surface area (Å²) in [7, 11) is 0. The monoisotopic (exact) mass is 359 g/mol. The maximum absolute atomic E-state index is 12.7. The maximum Gasteiger partial charge on any atom is 0.267 e. The molecule has 7 heteroatoms. The zero-order valence-electron chi connectivity index (χ0n) is 15.0. The second-order valence-corrected chi connectivity index (χ2v) is 6.35. The van der Waals surface area contributed by atoms with Crippen LogP contribution in [0, 0.1) is 0 Å². The summed E-state index contributed by atoms with van der Waals surface area (Å²) in [5.74, 6) is -0.775. The van der Waals surface area contributed by atoms with Crippen molar-refractivity contribution in [3.05, 3.63) is 40.2 Å². The molecule has 2 N–H and O–H groups in total. The highest BCUT2D eigenvalue weighted by Gasteiger charge is 2.21. The molecule has 0 spiro atoms. The van der Waals surface area contributed by atoms with E-state index >= 15 is 0 Å². The van der Waals surface area contributed by atoms with Gasteiger partial charge in [-0.1, -0.05) is 12.1 Å². The largest absolute Gasteiger partial charge is 0.506 e. The Labute approximate surface area is 152 Å². The van der Waals surface area contributed by atoms with Crippen LogP contribution in [0.4, 0.5) is 0 Å². The van der Waals surface area contributed by atoms with Crippen molar-refractivity contribution in [3.63, 3.8) is 0 Å². The summed E-state index contributed by atoms with van der Waals surface area (Å²) in [6, 6.07) is 7.06. The van der Waals surface area contributed by atoms with Gasteiger partial charge in [0, 0.05) is 31.6 Å². The number of carbonyl (C=O) groups excluding carboxylic acids is 1. The fraction of sp³-hybridized carbons (Fsp3) is 0.474. The number of amides is 1. The molecule has 1 aliphatic heterocycles. The third-order valence-corrected chi connectivity index (χ3v) is 4.73. The molecule has 0 unspecified atom stereocenters. The van der Waals surface area contributed by atoms with Gasteiger partial charge in [-0.3, -0.25) is 14.5 Å². The maximum atomic E-state index is 12.7. The van der Waals surface area contributed by atoms with E-state index in [9.17, 15) is 14.7 Å². The number of aryl methyl sites for hydroxylation is 1. The lowest BCUT2D eigenvalue weighted by Crippen LogP contribution is -2.38. The number of hydrogen-bond donors (Lipinski definition) is 2. The molecule has 0 bridgehead atoms. The molecule has 0 aliphatic carbocycles. The number of pyridine rings is 1. The number of para-hydroxylation sites is 1. The minimum absolute atomic E-state index is 0.183. The molecule has 1 aromatic heterocycles. The van der Waals surface area contributed by atoms with Crippen molar-refractivity contribution in [2.75, 3.05) is 39.4 Å². The topological polar surface area (TPSA) is 83.8 Å². The Bertz CT molecular complexity index is 841. The predicted octanol–water partition coefficient (Wildman–Crippen LogP) is 1.18. The highest BCUT2D eigenvalue weighted by molar-refractivity contribution is 6.02. The number of rotatable bonds is 6. The number of aromatic hydroxyl groups is 1. The van der Waals surface area contributed by atoms with E-state index in [4.69, 9.17) is 4.74 Å². The van der Waals surface area contributed by atoms with Crippen LogP contribution in [-0.2, 0) is 11.3 Å². The molecule has 1 saturated heterocycles. The standard InChI is InChI=1S/C19H25N3O4/c1-2-22-15-7-4-3-6-14(15)17(23)16(19(22)25)18(24)20-8-5-9-21-10-12-26-13-11-21/h3-4,6-7,23H,2,5,8-13H2,1H3,(H,20,24). The highest BCUT2D eigenvalue weighted by Crippen LogP contribution is 2.26. The molecule has 7 nitrogen and oxygen atoms in total. The van der Waals surface area contributed by atoms with Gasteiger partial charge in [-0.2, -0.15) is 0 Å². The van der Waals surface area contributed by atoms with Crippen molar-refractivity contribution in [2.45, 2.75) is 19.9 Å². The van der Waals surface area contributed by atoms with Gasteiger partial charge in [-0.25, -0.2) is 0 Å². The normalized spacial score (nSPS) is 15.3. The molecule has 1 fully saturated rings. The van der Waals surface area contributed by atoms with Crippen LogP contribution >= 0.6 is 0 Å². The lowest BCUT2D eigenvalue weighted by molar-refractivity contribution is 0.0374. The average molecular weight is 359 g/mol. The number of morpholine rings is 1. The molecule has 3 rings (SSSR count). The van der Waals surface area contributed by atoms with Gasteiger partial charge in [-0.15, -0.1) is 0 Å². The van der Waals surface area contributed by atoms with E-state index in [-0.39, 0.29) is 11.3 Å². The summed E-state index contributed by atoms with van der Waals surface area (Å²) in [6.07, 6.45) is 0.780. The van der Waals surface area contributed by atoms with E-state index < -0.39 is 11.5 Å². The Morgan fingerprint density at radius 1 is 1.27 bits per heavy atom. The first-order valence-corrected chi connectivity index (χ1v) is 9.06. The smallest absolute Gasteiger partial charge is 0.267 e. The molecular formula is C19H25N3O4. The number of ether oxygens (including phenoxy) is 1. The van der Waals surface area contributed by atoms with Crippen molar-refractivity contribution in [1.29, 1.82) is 0 Å². The first-order valence-electron chi connectivity index (χ1n) is 9.06. The molecule has 0 radical (unpaired) electrons. The lowest BCUT2D eigenvalue weighted by atomic mass is 10.1. The van der Waals surface area contributed by atoms with E-state index in [1.54, 1.807) is 24.3 Å². The van der Waals surface area contributed by atoms with Crippen LogP contribution in [0.2, 0.25) is 0 Å². The minimum Gasteiger partial charge on any atom is -0.506 e. The Morgan fingerprint density at radius 3 is 2.73 bits per heavy atom. The van der Waals surface area contributed by atoms with E-state index in [2.05, 4.69) is 10.2 Å². The lowest BCUT2D eigenvalue weighted by Gasteiger charge is -2.26. The summed E-state index contributed by atoms with van der Waals surface area (Å²) in [5.41, 5.74) is -0.0207. The summed E-state index contributed by atoms with van der Waals surface area (Å²) in [4.78, 5) is 27.5. The van der Waals surface area contributed by atoms with Crippen molar-refractivity contribution < 1.29 is 14.6 Å². The number of aromatic nitrogens is 1. The highest BCUT2D eigenvalue weighted by atomic mass is 16.5. The van der Waals surface area contributed by atoms with Crippen molar-refractivity contribution in [1.82, 2.24) is 14.8 Å². The number of carbonyl (C=O) groups is 1. The van der Waals surface area contributed by atoms with Crippen molar-refractivity contribution >= 4 is 16.8 Å². The predicted molar refractivity (Wildman–Crippen MR) is 99.8 cm³/mol. The van der Waals surface area contributed by atoms with Crippen LogP contribution in [0.3, 0.4) is 0 Å². The van der Waals surface area contributed by atoms with Gasteiger partial charge in [-0.05, 0) is 32.0 Å². The summed E-state index contributed by atoms with van der Waals surface area (Å²) in [6.45, 7) is 6.88. The number of nitrogens with zero attached hydrogens (tertiary/aromatic N) is 2. The Kier molecular flexibility index (Phi) is 5.90. The zero-order valence-corrected chi connectivity index (χ0v) is 15.0. The second kappa shape index (κ2) is 8.33. The van der Waals surface area contributed by atoms with Crippen LogP contribution in [-0.4, -0.2) is 59.9 Å². The Balaban J connectivity index is 1.72. The van der Waals surface area contributed by atoms with E-state index in [1.165, 1.54) is 4.57 Å². The molecule has 140 valence electrons. The molecule has 0 atom stereocenters. The average Bonchev–Trinajstić information content (AvgIpc) is 2.66. The third-order valence-electron chi connectivity index (χ3n) is 4.73. The van der Waals surface area contributed by atoms with E-state index in [0.29, 0.717) is 24.0 Å². The molecule has 26 heavy (non-hydrogen) atoms. The van der Waals surface area contributed by atoms with Crippen LogP contribution in [0.1, 0.15) is 23.7 Å². The quantitative estimate of drug-likeness (QED) is 0.757. The summed E-state index contributed by atoms with van der Waals surface area (Å²) < 4.78 is 6.82. The van der Waals surface area contributed by atoms with Gasteiger partial charge in [0.1, 0.15) is 11.3 Å². The third kappa shape index (κ3) is 3.73. The minimum atomic E-state index is -0.526. The molecule has 2 heterocycles. The van der Waals surface area contributed by atoms with E-state index in [1.807, 2.05) is 6.92 Å². The van der Waals surface area contributed by atoms with Crippen molar-refractivity contribution in [3.8, 4) is 5.75 Å². The van der Waals surface area contributed by atoms with Gasteiger partial charge in [0.05, 0.1) is 18.7 Å². The summed E-state index contributed by atoms with van der Waals surface area (Å²) in [5, 5.41) is 13.8. The Hall–Kier alpha value is -2.38. The van der Waals surface area contributed by atoms with Crippen LogP contribution in [0.15, 0.2) is 29.1 Å². The SMILES string of the molecule is CCn1c(=O)c(C(=O)NCCCN2CCOCC2)c(O)c2ccccc21. The molecule has 0 saturated carbocycles. The molecule has 1 aromatic carbocycles. The second-order valence-electron chi connectivity index (χ2n) is 6.35. The first-order chi connectivity index (χ1) is 12.6. The summed E-state index contributed by atoms with van der Waals surface area (Å²) >= 11 is 0. The van der Waals surface area contributed by atoms with Crippen LogP contribution in [0.5, 0.6) is 5.75 Å². The van der Waals surface area contributed by atoms with Crippen molar-refractivity contribution in [2.24, 2.45) is 0 Å². The fourth-order valence-electron chi connectivity index (χ4n) is 3.33. The fourth-order valence-corrected chi connectivity index (χ4v) is 3.33. The van der Waals surface area contributed by atoms with Crippen LogP contribution in [0.25, 0.3) is 10.9 Å². The molecule has 1 aliphatic rings. The first kappa shape index (κ1) is 18.4.